The van der Waals surface area contributed by atoms with Crippen molar-refractivity contribution in [3.8, 4) is 0 Å². The minimum Gasteiger partial charge on any atom is -0.339 e. The molecule has 5 heteroatoms. The highest BCUT2D eigenvalue weighted by atomic mass is 19.2. The molecule has 1 fully saturated rings. The largest absolute Gasteiger partial charge is 0.339 e. The Kier molecular flexibility index (Phi) is 5.06. The molecule has 1 N–H and O–H groups in total. The fraction of sp³-hybridized carbons (Fsp3) is 0.533. The number of rotatable bonds is 4. The van der Waals surface area contributed by atoms with Gasteiger partial charge in [-0.3, -0.25) is 4.79 Å². The van der Waals surface area contributed by atoms with Crippen molar-refractivity contribution in [2.45, 2.75) is 19.3 Å². The van der Waals surface area contributed by atoms with Crippen molar-refractivity contribution in [2.75, 3.05) is 26.7 Å². The number of benzene rings is 1. The first kappa shape index (κ1) is 14.9. The lowest BCUT2D eigenvalue weighted by molar-refractivity contribution is 0.0686. The molecule has 0 radical (unpaired) electrons. The van der Waals surface area contributed by atoms with E-state index in [1.807, 2.05) is 7.05 Å². The van der Waals surface area contributed by atoms with Crippen LogP contribution in [0.2, 0.25) is 0 Å². The highest BCUT2D eigenvalue weighted by molar-refractivity contribution is 5.94. The summed E-state index contributed by atoms with van der Waals surface area (Å²) < 4.78 is 26.0. The molecule has 3 nitrogen and oxygen atoms in total. The van der Waals surface area contributed by atoms with Gasteiger partial charge in [0.25, 0.3) is 5.91 Å². The van der Waals surface area contributed by atoms with E-state index in [4.69, 9.17) is 0 Å². The van der Waals surface area contributed by atoms with E-state index < -0.39 is 11.6 Å². The summed E-state index contributed by atoms with van der Waals surface area (Å²) in [5, 5.41) is 3.13. The van der Waals surface area contributed by atoms with Gasteiger partial charge in [0.1, 0.15) is 0 Å². The Morgan fingerprint density at radius 2 is 2.00 bits per heavy atom. The SMILES string of the molecule is CNCCC1CCN(C(=O)c2ccc(F)c(F)c2)CC1. The van der Waals surface area contributed by atoms with Gasteiger partial charge in [0, 0.05) is 18.7 Å². The first-order valence-electron chi connectivity index (χ1n) is 7.00. The summed E-state index contributed by atoms with van der Waals surface area (Å²) in [4.78, 5) is 13.9. The number of nitrogens with zero attached hydrogens (tertiary/aromatic N) is 1. The fourth-order valence-electron chi connectivity index (χ4n) is 2.58. The lowest BCUT2D eigenvalue weighted by Gasteiger charge is -2.32. The summed E-state index contributed by atoms with van der Waals surface area (Å²) in [7, 11) is 1.93. The molecule has 1 aromatic carbocycles. The smallest absolute Gasteiger partial charge is 0.253 e. The second kappa shape index (κ2) is 6.79. The number of halogens is 2. The van der Waals surface area contributed by atoms with E-state index in [0.717, 1.165) is 37.9 Å². The van der Waals surface area contributed by atoms with Crippen LogP contribution < -0.4 is 5.32 Å². The maximum absolute atomic E-state index is 13.2. The third-order valence-corrected chi connectivity index (χ3v) is 3.87. The first-order chi connectivity index (χ1) is 9.61. The van der Waals surface area contributed by atoms with Gasteiger partial charge in [0.15, 0.2) is 11.6 Å². The molecular formula is C15H20F2N2O. The molecule has 20 heavy (non-hydrogen) atoms. The van der Waals surface area contributed by atoms with Crippen LogP contribution >= 0.6 is 0 Å². The topological polar surface area (TPSA) is 32.3 Å². The van der Waals surface area contributed by atoms with Crippen LogP contribution in [0.25, 0.3) is 0 Å². The maximum atomic E-state index is 13.2. The number of nitrogens with one attached hydrogen (secondary N) is 1. The summed E-state index contributed by atoms with van der Waals surface area (Å²) in [6, 6.07) is 3.32. The average molecular weight is 282 g/mol. The minimum absolute atomic E-state index is 0.212. The third kappa shape index (κ3) is 3.54. The zero-order valence-corrected chi connectivity index (χ0v) is 11.7. The van der Waals surface area contributed by atoms with Gasteiger partial charge in [0.05, 0.1) is 0 Å². The highest BCUT2D eigenvalue weighted by Gasteiger charge is 2.23. The summed E-state index contributed by atoms with van der Waals surface area (Å²) >= 11 is 0. The monoisotopic (exact) mass is 282 g/mol. The Hall–Kier alpha value is -1.49. The number of likely N-dealkylation sites (tertiary alicyclic amines) is 1. The first-order valence-corrected chi connectivity index (χ1v) is 7.00. The van der Waals surface area contributed by atoms with Gasteiger partial charge in [-0.25, -0.2) is 8.78 Å². The molecule has 1 aliphatic rings. The maximum Gasteiger partial charge on any atom is 0.253 e. The second-order valence-corrected chi connectivity index (χ2v) is 5.26. The predicted octanol–water partition coefficient (Wildman–Crippen LogP) is 2.43. The zero-order valence-electron chi connectivity index (χ0n) is 11.7. The van der Waals surface area contributed by atoms with Crippen molar-refractivity contribution in [2.24, 2.45) is 5.92 Å². The van der Waals surface area contributed by atoms with E-state index in [1.54, 1.807) is 4.90 Å². The molecule has 0 bridgehead atoms. The van der Waals surface area contributed by atoms with Gasteiger partial charge in [-0.05, 0) is 57.0 Å². The van der Waals surface area contributed by atoms with E-state index in [1.165, 1.54) is 6.07 Å². The minimum atomic E-state index is -0.972. The molecule has 0 aliphatic carbocycles. The molecule has 0 spiro atoms. The molecule has 1 aromatic rings. The number of carbonyl (C=O) groups excluding carboxylic acids is 1. The molecule has 1 amide bonds. The van der Waals surface area contributed by atoms with Crippen LogP contribution in [-0.2, 0) is 0 Å². The molecule has 2 rings (SSSR count). The van der Waals surface area contributed by atoms with E-state index in [0.29, 0.717) is 19.0 Å². The number of piperidine rings is 1. The van der Waals surface area contributed by atoms with E-state index >= 15 is 0 Å². The van der Waals surface area contributed by atoms with Crippen molar-refractivity contribution in [3.05, 3.63) is 35.4 Å². The normalized spacial score (nSPS) is 16.4. The lowest BCUT2D eigenvalue weighted by atomic mass is 9.93. The molecule has 0 unspecified atom stereocenters. The Balaban J connectivity index is 1.92. The van der Waals surface area contributed by atoms with Crippen molar-refractivity contribution < 1.29 is 13.6 Å². The van der Waals surface area contributed by atoms with Gasteiger partial charge in [-0.1, -0.05) is 0 Å². The van der Waals surface area contributed by atoms with E-state index in [-0.39, 0.29) is 11.5 Å². The van der Waals surface area contributed by atoms with Gasteiger partial charge in [-0.2, -0.15) is 0 Å². The van der Waals surface area contributed by atoms with Crippen LogP contribution in [0.1, 0.15) is 29.6 Å². The van der Waals surface area contributed by atoms with Gasteiger partial charge >= 0.3 is 0 Å². The van der Waals surface area contributed by atoms with Crippen LogP contribution in [0.5, 0.6) is 0 Å². The quantitative estimate of drug-likeness (QED) is 0.920. The Bertz CT molecular complexity index is 471. The second-order valence-electron chi connectivity index (χ2n) is 5.26. The Morgan fingerprint density at radius 3 is 2.60 bits per heavy atom. The van der Waals surface area contributed by atoms with Crippen LogP contribution in [0.15, 0.2) is 18.2 Å². The summed E-state index contributed by atoms with van der Waals surface area (Å²) in [5.74, 6) is -1.47. The molecule has 0 saturated carbocycles. The molecule has 1 aliphatic heterocycles. The Labute approximate surface area is 118 Å². The van der Waals surface area contributed by atoms with Gasteiger partial charge in [-0.15, -0.1) is 0 Å². The molecular weight excluding hydrogens is 262 g/mol. The fourth-order valence-corrected chi connectivity index (χ4v) is 2.58. The molecule has 110 valence electrons. The number of amides is 1. The van der Waals surface area contributed by atoms with Crippen molar-refractivity contribution in [3.63, 3.8) is 0 Å². The number of carbonyl (C=O) groups is 1. The van der Waals surface area contributed by atoms with Gasteiger partial charge in [0.2, 0.25) is 0 Å². The standard InChI is InChI=1S/C15H20F2N2O/c1-18-7-4-11-5-8-19(9-6-11)15(20)12-2-3-13(16)14(17)10-12/h2-3,10-11,18H,4-9H2,1H3. The molecule has 0 aromatic heterocycles. The van der Waals surface area contributed by atoms with Crippen molar-refractivity contribution in [1.82, 2.24) is 10.2 Å². The van der Waals surface area contributed by atoms with Crippen molar-refractivity contribution in [1.29, 1.82) is 0 Å². The van der Waals surface area contributed by atoms with E-state index in [9.17, 15) is 13.6 Å². The summed E-state index contributed by atoms with van der Waals surface area (Å²) in [6.45, 7) is 2.36. The highest BCUT2D eigenvalue weighted by Crippen LogP contribution is 2.22. The Morgan fingerprint density at radius 1 is 1.30 bits per heavy atom. The average Bonchev–Trinajstić information content (AvgIpc) is 2.48. The number of hydrogen-bond acceptors (Lipinski definition) is 2. The van der Waals surface area contributed by atoms with Crippen LogP contribution in [0.3, 0.4) is 0 Å². The van der Waals surface area contributed by atoms with Crippen LogP contribution in [0, 0.1) is 17.6 Å². The lowest BCUT2D eigenvalue weighted by Crippen LogP contribution is -2.39. The van der Waals surface area contributed by atoms with Gasteiger partial charge < -0.3 is 10.2 Å². The van der Waals surface area contributed by atoms with E-state index in [2.05, 4.69) is 5.32 Å². The molecule has 1 heterocycles. The summed E-state index contributed by atoms with van der Waals surface area (Å²) in [6.07, 6.45) is 3.05. The van der Waals surface area contributed by atoms with Crippen LogP contribution in [0.4, 0.5) is 8.78 Å². The number of hydrogen-bond donors (Lipinski definition) is 1. The molecule has 0 atom stereocenters. The zero-order chi connectivity index (χ0) is 14.5. The van der Waals surface area contributed by atoms with Crippen LogP contribution in [-0.4, -0.2) is 37.5 Å². The predicted molar refractivity (Wildman–Crippen MR) is 73.5 cm³/mol. The molecule has 1 saturated heterocycles. The summed E-state index contributed by atoms with van der Waals surface area (Å²) in [5.41, 5.74) is 0.220. The van der Waals surface area contributed by atoms with Crippen molar-refractivity contribution >= 4 is 5.91 Å². The third-order valence-electron chi connectivity index (χ3n) is 3.87.